The highest BCUT2D eigenvalue weighted by Gasteiger charge is 2.56. The molecule has 25 heavy (non-hydrogen) atoms. The van der Waals surface area contributed by atoms with Gasteiger partial charge in [0, 0.05) is 30.3 Å². The first-order valence-corrected chi connectivity index (χ1v) is 9.23. The third-order valence-corrected chi connectivity index (χ3v) is 6.40. The van der Waals surface area contributed by atoms with Crippen molar-refractivity contribution in [2.45, 2.75) is 38.3 Å². The number of piperidine rings is 3. The van der Waals surface area contributed by atoms with E-state index in [0.29, 0.717) is 24.9 Å². The Morgan fingerprint density at radius 1 is 1.40 bits per heavy atom. The van der Waals surface area contributed by atoms with Crippen molar-refractivity contribution in [3.8, 4) is 5.75 Å². The minimum absolute atomic E-state index is 0.390. The third kappa shape index (κ3) is 2.70. The van der Waals surface area contributed by atoms with Crippen LogP contribution in [0.4, 0.5) is 4.48 Å². The largest absolute Gasteiger partial charge is 0.497 e. The molecule has 4 heterocycles. The fourth-order valence-corrected chi connectivity index (χ4v) is 4.94. The van der Waals surface area contributed by atoms with Crippen LogP contribution in [0.1, 0.15) is 37.9 Å². The summed E-state index contributed by atoms with van der Waals surface area (Å²) >= 11 is 0. The molecule has 1 aromatic heterocycles. The van der Waals surface area contributed by atoms with Gasteiger partial charge in [0.15, 0.2) is 6.04 Å². The van der Waals surface area contributed by atoms with Crippen LogP contribution in [-0.4, -0.2) is 41.0 Å². The zero-order valence-corrected chi connectivity index (χ0v) is 14.9. The quantitative estimate of drug-likeness (QED) is 0.857. The Hall–Kier alpha value is -1.72. The monoisotopic (exact) mass is 345 g/mol. The Kier molecular flexibility index (Phi) is 4.16. The number of fused-ring (bicyclic) bond motifs is 4. The fourth-order valence-electron chi connectivity index (χ4n) is 4.94. The molecule has 134 valence electrons. The van der Waals surface area contributed by atoms with Crippen LogP contribution in [0.15, 0.2) is 30.5 Å². The van der Waals surface area contributed by atoms with Gasteiger partial charge in [-0.15, -0.1) is 4.71 Å². The van der Waals surface area contributed by atoms with Gasteiger partial charge in [-0.05, 0) is 46.6 Å². The molecule has 0 amide bonds. The van der Waals surface area contributed by atoms with Gasteiger partial charge >= 0.3 is 0 Å². The van der Waals surface area contributed by atoms with Crippen LogP contribution in [0.2, 0.25) is 0 Å². The maximum absolute atomic E-state index is 15.7. The molecule has 1 N–H and O–H groups in total. The number of rotatable bonds is 4. The van der Waals surface area contributed by atoms with Crippen LogP contribution in [0, 0.1) is 11.8 Å². The maximum atomic E-state index is 15.7. The second kappa shape index (κ2) is 6.22. The summed E-state index contributed by atoms with van der Waals surface area (Å²) in [6.07, 6.45) is 3.57. The lowest BCUT2D eigenvalue weighted by atomic mass is 9.72. The summed E-state index contributed by atoms with van der Waals surface area (Å²) in [6, 6.07) is 7.05. The van der Waals surface area contributed by atoms with Crippen LogP contribution in [0.25, 0.3) is 10.9 Å². The van der Waals surface area contributed by atoms with E-state index in [2.05, 4.69) is 11.9 Å². The van der Waals surface area contributed by atoms with Crippen LogP contribution < -0.4 is 4.74 Å². The molecule has 0 aliphatic carbocycles. The molecule has 5 rings (SSSR count). The molecule has 0 unspecified atom stereocenters. The smallest absolute Gasteiger partial charge is 0.155 e. The lowest BCUT2D eigenvalue weighted by Gasteiger charge is -2.51. The number of quaternary nitrogens is 1. The minimum Gasteiger partial charge on any atom is -0.497 e. The van der Waals surface area contributed by atoms with E-state index in [0.717, 1.165) is 41.5 Å². The summed E-state index contributed by atoms with van der Waals surface area (Å²) in [4.78, 5) is 4.37. The Balaban J connectivity index is 1.72. The molecule has 5 atom stereocenters. The lowest BCUT2D eigenvalue weighted by molar-refractivity contribution is -1.09. The second-order valence-corrected chi connectivity index (χ2v) is 7.58. The number of benzene rings is 1. The molecule has 4 nitrogen and oxygen atoms in total. The predicted molar refractivity (Wildman–Crippen MR) is 94.7 cm³/mol. The number of halogens is 1. The summed E-state index contributed by atoms with van der Waals surface area (Å²) in [6.45, 7) is 3.21. The van der Waals surface area contributed by atoms with Crippen molar-refractivity contribution in [3.05, 3.63) is 36.0 Å². The number of aromatic nitrogens is 1. The topological polar surface area (TPSA) is 42.4 Å². The molecular weight excluding hydrogens is 319 g/mol. The van der Waals surface area contributed by atoms with Gasteiger partial charge in [0.25, 0.3) is 0 Å². The van der Waals surface area contributed by atoms with Gasteiger partial charge in [0.2, 0.25) is 0 Å². The van der Waals surface area contributed by atoms with Gasteiger partial charge in [0.05, 0.1) is 12.6 Å². The Morgan fingerprint density at radius 3 is 2.96 bits per heavy atom. The van der Waals surface area contributed by atoms with Crippen molar-refractivity contribution < 1.29 is 19.0 Å². The molecule has 3 aliphatic rings. The van der Waals surface area contributed by atoms with Crippen molar-refractivity contribution >= 4 is 10.9 Å². The van der Waals surface area contributed by atoms with E-state index < -0.39 is 16.9 Å². The number of methoxy groups -OCH3 is 1. The number of aliphatic hydroxyl groups is 1. The molecule has 3 aliphatic heterocycles. The summed E-state index contributed by atoms with van der Waals surface area (Å²) in [5.74, 6) is 1.69. The Bertz CT molecular complexity index is 783. The summed E-state index contributed by atoms with van der Waals surface area (Å²) in [5.41, 5.74) is 1.55. The highest BCUT2D eigenvalue weighted by atomic mass is 19.2. The zero-order chi connectivity index (χ0) is 17.6. The van der Waals surface area contributed by atoms with Crippen LogP contribution in [-0.2, 0) is 0 Å². The molecule has 2 aromatic rings. The van der Waals surface area contributed by atoms with Crippen molar-refractivity contribution in [1.82, 2.24) is 4.98 Å². The average molecular weight is 345 g/mol. The van der Waals surface area contributed by atoms with Crippen LogP contribution >= 0.6 is 0 Å². The number of nitrogens with zero attached hydrogens (tertiary/aromatic N) is 2. The number of pyridine rings is 1. The highest BCUT2D eigenvalue weighted by molar-refractivity contribution is 5.83. The molecule has 1 aromatic carbocycles. The van der Waals surface area contributed by atoms with Gasteiger partial charge in [-0.1, -0.05) is 6.92 Å². The molecule has 0 radical (unpaired) electrons. The standard InChI is InChI=1S/C20H26FN2O2/c1-3-13-12-23(21)9-7-14(13)10-19(23)20(24)16-6-8-22-18-5-4-15(25-2)11-17(16)18/h4-6,8,11,13-14,19-20,24H,3,7,9-10,12H2,1-2H3/q+1/t13-,14-,19-,20+,23+/m0/s1. The molecule has 3 saturated heterocycles. The zero-order valence-electron chi connectivity index (χ0n) is 14.9. The Labute approximate surface area is 147 Å². The lowest BCUT2D eigenvalue weighted by Crippen LogP contribution is -2.63. The summed E-state index contributed by atoms with van der Waals surface area (Å²) in [5, 5.41) is 12.0. The van der Waals surface area contributed by atoms with E-state index in [-0.39, 0.29) is 0 Å². The minimum atomic E-state index is -0.830. The van der Waals surface area contributed by atoms with Crippen molar-refractivity contribution in [1.29, 1.82) is 0 Å². The number of hydrogen-bond acceptors (Lipinski definition) is 3. The van der Waals surface area contributed by atoms with Gasteiger partial charge < -0.3 is 9.84 Å². The van der Waals surface area contributed by atoms with E-state index in [4.69, 9.17) is 4.74 Å². The first kappa shape index (κ1) is 16.7. The number of aliphatic hydroxyl groups excluding tert-OH is 1. The molecular formula is C20H26FN2O2+. The van der Waals surface area contributed by atoms with E-state index in [1.165, 1.54) is 0 Å². The predicted octanol–water partition coefficient (Wildman–Crippen LogP) is 3.80. The van der Waals surface area contributed by atoms with Gasteiger partial charge in [-0.25, -0.2) is 0 Å². The number of hydrogen-bond donors (Lipinski definition) is 1. The summed E-state index contributed by atoms with van der Waals surface area (Å²) < 4.78 is 20.5. The van der Waals surface area contributed by atoms with Crippen LogP contribution in [0.3, 0.4) is 0 Å². The van der Waals surface area contributed by atoms with E-state index in [1.54, 1.807) is 13.3 Å². The SMILES string of the molecule is CC[C@H]1C[N@+]2(F)CC[C@H]1C[C@H]2[C@H](O)c1ccnc2ccc(OC)cc12. The number of ether oxygens (including phenoxy) is 1. The van der Waals surface area contributed by atoms with Crippen LogP contribution in [0.5, 0.6) is 5.75 Å². The first-order valence-electron chi connectivity index (χ1n) is 9.23. The molecule has 5 heteroatoms. The van der Waals surface area contributed by atoms with E-state index >= 15 is 4.48 Å². The van der Waals surface area contributed by atoms with Crippen molar-refractivity contribution in [3.63, 3.8) is 0 Å². The normalized spacial score (nSPS) is 32.7. The van der Waals surface area contributed by atoms with Crippen molar-refractivity contribution in [2.75, 3.05) is 20.2 Å². The summed E-state index contributed by atoms with van der Waals surface area (Å²) in [7, 11) is 1.62. The maximum Gasteiger partial charge on any atom is 0.155 e. The first-order chi connectivity index (χ1) is 12.1. The van der Waals surface area contributed by atoms with E-state index in [1.807, 2.05) is 24.3 Å². The van der Waals surface area contributed by atoms with Gasteiger partial charge in [0.1, 0.15) is 24.9 Å². The molecule has 0 saturated carbocycles. The molecule has 0 spiro atoms. The van der Waals surface area contributed by atoms with Gasteiger partial charge in [-0.2, -0.15) is 0 Å². The second-order valence-electron chi connectivity index (χ2n) is 7.58. The highest BCUT2D eigenvalue weighted by Crippen LogP contribution is 2.47. The Morgan fingerprint density at radius 2 is 2.24 bits per heavy atom. The molecule has 3 fully saturated rings. The van der Waals surface area contributed by atoms with E-state index in [9.17, 15) is 5.11 Å². The fraction of sp³-hybridized carbons (Fsp3) is 0.550. The third-order valence-electron chi connectivity index (χ3n) is 6.40. The van der Waals surface area contributed by atoms with Crippen molar-refractivity contribution in [2.24, 2.45) is 11.8 Å². The van der Waals surface area contributed by atoms with Gasteiger partial charge in [-0.3, -0.25) is 4.98 Å². The molecule has 2 bridgehead atoms. The average Bonchev–Trinajstić information content (AvgIpc) is 2.66.